The lowest BCUT2D eigenvalue weighted by atomic mass is 9.79. The van der Waals surface area contributed by atoms with Gasteiger partial charge in [-0.25, -0.2) is 0 Å². The zero-order valence-electron chi connectivity index (χ0n) is 11.1. The van der Waals surface area contributed by atoms with Crippen LogP contribution in [-0.4, -0.2) is 24.2 Å². The predicted octanol–water partition coefficient (Wildman–Crippen LogP) is 2.64. The summed E-state index contributed by atoms with van der Waals surface area (Å²) in [5.74, 6) is -0.0799. The Morgan fingerprint density at radius 2 is 1.81 bits per heavy atom. The molecule has 0 saturated heterocycles. The Balaban J connectivity index is 2.52. The van der Waals surface area contributed by atoms with Gasteiger partial charge in [0.25, 0.3) is 0 Å². The maximum absolute atomic E-state index is 11.8. The van der Waals surface area contributed by atoms with Crippen LogP contribution >= 0.6 is 0 Å². The maximum Gasteiger partial charge on any atom is 0.308 e. The highest BCUT2D eigenvalue weighted by Crippen LogP contribution is 2.31. The van der Waals surface area contributed by atoms with E-state index in [2.05, 4.69) is 5.32 Å². The van der Waals surface area contributed by atoms with E-state index < -0.39 is 0 Å². The van der Waals surface area contributed by atoms with E-state index in [1.807, 2.05) is 27.8 Å². The van der Waals surface area contributed by atoms with Crippen LogP contribution in [-0.2, 0) is 9.53 Å². The van der Waals surface area contributed by atoms with Crippen LogP contribution in [0.2, 0.25) is 0 Å². The highest BCUT2D eigenvalue weighted by molar-refractivity contribution is 5.71. The number of rotatable bonds is 3. The monoisotopic (exact) mass is 227 g/mol. The van der Waals surface area contributed by atoms with E-state index in [4.69, 9.17) is 4.74 Å². The molecular formula is C13H25NO2. The zero-order chi connectivity index (χ0) is 12.2. The third-order valence-corrected chi connectivity index (χ3v) is 3.24. The topological polar surface area (TPSA) is 38.3 Å². The molecule has 0 aromatic rings. The van der Waals surface area contributed by atoms with Crippen LogP contribution in [0.3, 0.4) is 0 Å². The fourth-order valence-corrected chi connectivity index (χ4v) is 2.40. The SMILES string of the molecule is CNC1(CC(=O)OC(C)(C)C)CCCCC1. The highest BCUT2D eigenvalue weighted by Gasteiger charge is 2.34. The predicted molar refractivity (Wildman–Crippen MR) is 65.3 cm³/mol. The molecule has 1 fully saturated rings. The van der Waals surface area contributed by atoms with Crippen molar-refractivity contribution in [3.8, 4) is 0 Å². The molecule has 16 heavy (non-hydrogen) atoms. The van der Waals surface area contributed by atoms with Crippen LogP contribution in [0.15, 0.2) is 0 Å². The summed E-state index contributed by atoms with van der Waals surface area (Å²) in [6, 6.07) is 0. The van der Waals surface area contributed by atoms with Crippen molar-refractivity contribution >= 4 is 5.97 Å². The van der Waals surface area contributed by atoms with Gasteiger partial charge in [0, 0.05) is 5.54 Å². The van der Waals surface area contributed by atoms with Gasteiger partial charge in [-0.05, 0) is 40.7 Å². The summed E-state index contributed by atoms with van der Waals surface area (Å²) >= 11 is 0. The van der Waals surface area contributed by atoms with Crippen LogP contribution in [0.5, 0.6) is 0 Å². The first-order valence-corrected chi connectivity index (χ1v) is 6.28. The summed E-state index contributed by atoms with van der Waals surface area (Å²) in [5, 5.41) is 3.33. The molecule has 1 aliphatic rings. The third kappa shape index (κ3) is 4.12. The van der Waals surface area contributed by atoms with Crippen molar-refractivity contribution in [2.45, 2.75) is 70.4 Å². The second-order valence-electron chi connectivity index (χ2n) is 5.85. The van der Waals surface area contributed by atoms with Crippen LogP contribution < -0.4 is 5.32 Å². The van der Waals surface area contributed by atoms with Crippen molar-refractivity contribution in [1.29, 1.82) is 0 Å². The molecule has 3 nitrogen and oxygen atoms in total. The van der Waals surface area contributed by atoms with Crippen molar-refractivity contribution in [2.75, 3.05) is 7.05 Å². The van der Waals surface area contributed by atoms with Gasteiger partial charge in [0.05, 0.1) is 6.42 Å². The first-order chi connectivity index (χ1) is 7.37. The van der Waals surface area contributed by atoms with Gasteiger partial charge in [-0.15, -0.1) is 0 Å². The lowest BCUT2D eigenvalue weighted by molar-refractivity contribution is -0.157. The number of ether oxygens (including phenoxy) is 1. The van der Waals surface area contributed by atoms with Crippen molar-refractivity contribution in [3.63, 3.8) is 0 Å². The van der Waals surface area contributed by atoms with Crippen LogP contribution in [0, 0.1) is 0 Å². The molecule has 94 valence electrons. The summed E-state index contributed by atoms with van der Waals surface area (Å²) in [4.78, 5) is 11.8. The Hall–Kier alpha value is -0.570. The van der Waals surface area contributed by atoms with Gasteiger partial charge in [0.2, 0.25) is 0 Å². The molecule has 0 unspecified atom stereocenters. The summed E-state index contributed by atoms with van der Waals surface area (Å²) in [6.07, 6.45) is 6.39. The average molecular weight is 227 g/mol. The van der Waals surface area contributed by atoms with E-state index in [-0.39, 0.29) is 17.1 Å². The Morgan fingerprint density at radius 1 is 1.25 bits per heavy atom. The fraction of sp³-hybridized carbons (Fsp3) is 0.923. The van der Waals surface area contributed by atoms with E-state index in [1.165, 1.54) is 19.3 Å². The number of hydrogen-bond donors (Lipinski definition) is 1. The van der Waals surface area contributed by atoms with Crippen molar-refractivity contribution < 1.29 is 9.53 Å². The molecule has 0 radical (unpaired) electrons. The molecule has 0 heterocycles. The molecule has 0 spiro atoms. The van der Waals surface area contributed by atoms with E-state index in [9.17, 15) is 4.79 Å². The minimum atomic E-state index is -0.374. The van der Waals surface area contributed by atoms with Crippen molar-refractivity contribution in [1.82, 2.24) is 5.32 Å². The molecule has 3 heteroatoms. The molecule has 0 aromatic heterocycles. The van der Waals surface area contributed by atoms with Gasteiger partial charge in [-0.1, -0.05) is 19.3 Å². The summed E-state index contributed by atoms with van der Waals surface area (Å²) in [7, 11) is 1.95. The van der Waals surface area contributed by atoms with E-state index in [0.717, 1.165) is 12.8 Å². The van der Waals surface area contributed by atoms with Gasteiger partial charge in [0.1, 0.15) is 5.60 Å². The second-order valence-corrected chi connectivity index (χ2v) is 5.85. The van der Waals surface area contributed by atoms with Crippen LogP contribution in [0.1, 0.15) is 59.3 Å². The van der Waals surface area contributed by atoms with Gasteiger partial charge >= 0.3 is 5.97 Å². The fourth-order valence-electron chi connectivity index (χ4n) is 2.40. The smallest absolute Gasteiger partial charge is 0.308 e. The molecular weight excluding hydrogens is 202 g/mol. The molecule has 0 aromatic carbocycles. The highest BCUT2D eigenvalue weighted by atomic mass is 16.6. The molecule has 1 N–H and O–H groups in total. The lowest BCUT2D eigenvalue weighted by Gasteiger charge is -2.37. The molecule has 0 bridgehead atoms. The van der Waals surface area contributed by atoms with Gasteiger partial charge in [-0.3, -0.25) is 4.79 Å². The number of carbonyl (C=O) groups is 1. The Morgan fingerprint density at radius 3 is 2.25 bits per heavy atom. The van der Waals surface area contributed by atoms with Gasteiger partial charge in [-0.2, -0.15) is 0 Å². The van der Waals surface area contributed by atoms with Gasteiger partial charge in [0.15, 0.2) is 0 Å². The Kier molecular flexibility index (Phi) is 4.36. The first-order valence-electron chi connectivity index (χ1n) is 6.28. The van der Waals surface area contributed by atoms with Crippen molar-refractivity contribution in [3.05, 3.63) is 0 Å². The molecule has 0 amide bonds. The molecule has 0 atom stereocenters. The number of carbonyl (C=O) groups excluding carboxylic acids is 1. The standard InChI is InChI=1S/C13H25NO2/c1-12(2,3)16-11(15)10-13(14-4)8-6-5-7-9-13/h14H,5-10H2,1-4H3. The number of esters is 1. The van der Waals surface area contributed by atoms with E-state index in [0.29, 0.717) is 6.42 Å². The van der Waals surface area contributed by atoms with Crippen LogP contribution in [0.4, 0.5) is 0 Å². The normalized spacial score (nSPS) is 20.5. The zero-order valence-corrected chi connectivity index (χ0v) is 11.1. The third-order valence-electron chi connectivity index (χ3n) is 3.24. The minimum absolute atomic E-state index is 0.0133. The lowest BCUT2D eigenvalue weighted by Crippen LogP contribution is -2.47. The van der Waals surface area contributed by atoms with E-state index >= 15 is 0 Å². The van der Waals surface area contributed by atoms with E-state index in [1.54, 1.807) is 0 Å². The summed E-state index contributed by atoms with van der Waals surface area (Å²) in [5.41, 5.74) is -0.388. The average Bonchev–Trinajstić information content (AvgIpc) is 2.16. The van der Waals surface area contributed by atoms with Crippen molar-refractivity contribution in [2.24, 2.45) is 0 Å². The Labute approximate surface area is 98.9 Å². The Bertz CT molecular complexity index is 237. The quantitative estimate of drug-likeness (QED) is 0.753. The number of hydrogen-bond acceptors (Lipinski definition) is 3. The maximum atomic E-state index is 11.8. The summed E-state index contributed by atoms with van der Waals surface area (Å²) < 4.78 is 5.39. The molecule has 1 rings (SSSR count). The van der Waals surface area contributed by atoms with Crippen LogP contribution in [0.25, 0.3) is 0 Å². The molecule has 0 aliphatic heterocycles. The minimum Gasteiger partial charge on any atom is -0.460 e. The largest absolute Gasteiger partial charge is 0.460 e. The van der Waals surface area contributed by atoms with Gasteiger partial charge < -0.3 is 10.1 Å². The number of nitrogens with one attached hydrogen (secondary N) is 1. The first kappa shape index (κ1) is 13.5. The second kappa shape index (κ2) is 5.17. The molecule has 1 saturated carbocycles. The summed E-state index contributed by atoms with van der Waals surface area (Å²) in [6.45, 7) is 5.74. The molecule has 1 aliphatic carbocycles.